The van der Waals surface area contributed by atoms with Crippen LogP contribution < -0.4 is 10.2 Å². The molecule has 24 heavy (non-hydrogen) atoms. The molecular weight excluding hydrogens is 307 g/mol. The molecule has 0 unspecified atom stereocenters. The van der Waals surface area contributed by atoms with Gasteiger partial charge in [-0.1, -0.05) is 31.0 Å². The molecule has 1 aromatic heterocycles. The van der Waals surface area contributed by atoms with Crippen LogP contribution in [-0.4, -0.2) is 29.2 Å². The van der Waals surface area contributed by atoms with Crippen molar-refractivity contribution >= 4 is 17.5 Å². The summed E-state index contributed by atoms with van der Waals surface area (Å²) in [6.45, 7) is 1.99. The number of hydrogen-bond donors (Lipinski definition) is 1. The summed E-state index contributed by atoms with van der Waals surface area (Å²) in [7, 11) is 0. The normalized spacial score (nSPS) is 15.0. The summed E-state index contributed by atoms with van der Waals surface area (Å²) in [6, 6.07) is 9.87. The number of carbonyl (C=O) groups excluding carboxylic acids is 1. The van der Waals surface area contributed by atoms with Crippen molar-refractivity contribution in [2.45, 2.75) is 32.1 Å². The number of halogens is 1. The van der Waals surface area contributed by atoms with E-state index in [0.29, 0.717) is 11.4 Å². The molecular formula is C18H21FN4O. The minimum absolute atomic E-state index is 0.0256. The van der Waals surface area contributed by atoms with Gasteiger partial charge in [-0.2, -0.15) is 0 Å². The number of carbonyl (C=O) groups is 1. The van der Waals surface area contributed by atoms with Crippen molar-refractivity contribution in [1.29, 1.82) is 0 Å². The number of rotatable bonds is 4. The second-order valence-electron chi connectivity index (χ2n) is 5.99. The first kappa shape index (κ1) is 16.4. The molecule has 126 valence electrons. The molecule has 2 aromatic rings. The van der Waals surface area contributed by atoms with E-state index in [2.05, 4.69) is 20.4 Å². The smallest absolute Gasteiger partial charge is 0.230 e. The molecule has 3 rings (SSSR count). The highest BCUT2D eigenvalue weighted by Crippen LogP contribution is 2.17. The molecule has 2 heterocycles. The highest BCUT2D eigenvalue weighted by molar-refractivity contribution is 5.91. The zero-order valence-electron chi connectivity index (χ0n) is 13.5. The molecule has 6 heteroatoms. The van der Waals surface area contributed by atoms with Crippen molar-refractivity contribution in [2.24, 2.45) is 0 Å². The number of aromatic nitrogens is 2. The summed E-state index contributed by atoms with van der Waals surface area (Å²) >= 11 is 0. The van der Waals surface area contributed by atoms with E-state index in [9.17, 15) is 9.18 Å². The molecule has 1 aliphatic heterocycles. The monoisotopic (exact) mass is 328 g/mol. The topological polar surface area (TPSA) is 58.1 Å². The van der Waals surface area contributed by atoms with Crippen LogP contribution in [0.3, 0.4) is 0 Å². The molecule has 1 amide bonds. The average Bonchev–Trinajstić information content (AvgIpc) is 2.87. The molecule has 0 spiro atoms. The molecule has 0 atom stereocenters. The van der Waals surface area contributed by atoms with Crippen LogP contribution in [0, 0.1) is 5.82 Å². The highest BCUT2D eigenvalue weighted by Gasteiger charge is 2.13. The summed E-state index contributed by atoms with van der Waals surface area (Å²) in [4.78, 5) is 14.2. The van der Waals surface area contributed by atoms with E-state index >= 15 is 0 Å². The van der Waals surface area contributed by atoms with Gasteiger partial charge in [0.25, 0.3) is 0 Å². The minimum Gasteiger partial charge on any atom is -0.355 e. The van der Waals surface area contributed by atoms with Gasteiger partial charge in [-0.15, -0.1) is 10.2 Å². The van der Waals surface area contributed by atoms with Crippen molar-refractivity contribution < 1.29 is 9.18 Å². The number of benzene rings is 1. The molecule has 0 saturated carbocycles. The Morgan fingerprint density at radius 3 is 2.46 bits per heavy atom. The molecule has 0 bridgehead atoms. The van der Waals surface area contributed by atoms with Crippen LogP contribution in [0.1, 0.15) is 31.2 Å². The van der Waals surface area contributed by atoms with Crippen LogP contribution in [-0.2, 0) is 11.2 Å². The summed E-state index contributed by atoms with van der Waals surface area (Å²) in [5.41, 5.74) is 0.365. The Hall–Kier alpha value is -2.50. The van der Waals surface area contributed by atoms with E-state index in [1.54, 1.807) is 24.3 Å². The Labute approximate surface area is 140 Å². The zero-order chi connectivity index (χ0) is 16.8. The molecule has 1 aliphatic rings. The Kier molecular flexibility index (Phi) is 5.36. The summed E-state index contributed by atoms with van der Waals surface area (Å²) in [5, 5.41) is 10.9. The largest absolute Gasteiger partial charge is 0.355 e. The van der Waals surface area contributed by atoms with Gasteiger partial charge < -0.3 is 10.2 Å². The van der Waals surface area contributed by atoms with Gasteiger partial charge in [-0.05, 0) is 36.6 Å². The van der Waals surface area contributed by atoms with Crippen molar-refractivity contribution in [3.63, 3.8) is 0 Å². The molecule has 1 saturated heterocycles. The lowest BCUT2D eigenvalue weighted by molar-refractivity contribution is -0.115. The van der Waals surface area contributed by atoms with E-state index in [0.717, 1.165) is 18.9 Å². The first-order valence-corrected chi connectivity index (χ1v) is 8.34. The van der Waals surface area contributed by atoms with Gasteiger partial charge >= 0.3 is 0 Å². The number of anilines is 2. The molecule has 0 aliphatic carbocycles. The van der Waals surface area contributed by atoms with Crippen molar-refractivity contribution in [3.8, 4) is 0 Å². The van der Waals surface area contributed by atoms with E-state index in [4.69, 9.17) is 0 Å². The molecule has 1 fully saturated rings. The Morgan fingerprint density at radius 2 is 1.79 bits per heavy atom. The molecule has 1 N–H and O–H groups in total. The summed E-state index contributed by atoms with van der Waals surface area (Å²) < 4.78 is 13.6. The lowest BCUT2D eigenvalue weighted by Crippen LogP contribution is -2.25. The average molecular weight is 328 g/mol. The third kappa shape index (κ3) is 4.28. The SMILES string of the molecule is O=C(Cc1ccccc1F)Nc1ccc(N2CCCCCC2)nn1. The quantitative estimate of drug-likeness (QED) is 0.936. The van der Waals surface area contributed by atoms with E-state index < -0.39 is 0 Å². The summed E-state index contributed by atoms with van der Waals surface area (Å²) in [5.74, 6) is 0.533. The van der Waals surface area contributed by atoms with Crippen molar-refractivity contribution in [1.82, 2.24) is 10.2 Å². The van der Waals surface area contributed by atoms with Crippen LogP contribution in [0.25, 0.3) is 0 Å². The van der Waals surface area contributed by atoms with Crippen LogP contribution in [0.15, 0.2) is 36.4 Å². The lowest BCUT2D eigenvalue weighted by atomic mass is 10.1. The maximum absolute atomic E-state index is 13.6. The number of nitrogens with one attached hydrogen (secondary N) is 1. The maximum Gasteiger partial charge on any atom is 0.230 e. The minimum atomic E-state index is -0.379. The van der Waals surface area contributed by atoms with Crippen molar-refractivity contribution in [2.75, 3.05) is 23.3 Å². The maximum atomic E-state index is 13.6. The van der Waals surface area contributed by atoms with Gasteiger partial charge in [0, 0.05) is 13.1 Å². The molecule has 1 aromatic carbocycles. The fourth-order valence-electron chi connectivity index (χ4n) is 2.86. The standard InChI is InChI=1S/C18H21FN4O/c19-15-8-4-3-7-14(15)13-18(24)20-16-9-10-17(22-21-16)23-11-5-1-2-6-12-23/h3-4,7-10H,1-2,5-6,11-13H2,(H,20,21,24). The number of hydrogen-bond acceptors (Lipinski definition) is 4. The van der Waals surface area contributed by atoms with Gasteiger partial charge in [0.05, 0.1) is 6.42 Å². The van der Waals surface area contributed by atoms with Gasteiger partial charge in [0.15, 0.2) is 11.6 Å². The fourth-order valence-corrected chi connectivity index (χ4v) is 2.86. The van der Waals surface area contributed by atoms with E-state index in [1.165, 1.54) is 31.7 Å². The van der Waals surface area contributed by atoms with Gasteiger partial charge in [0.1, 0.15) is 5.82 Å². The van der Waals surface area contributed by atoms with E-state index in [1.807, 2.05) is 6.07 Å². The third-order valence-electron chi connectivity index (χ3n) is 4.16. The van der Waals surface area contributed by atoms with Gasteiger partial charge in [-0.3, -0.25) is 4.79 Å². The predicted molar refractivity (Wildman–Crippen MR) is 91.4 cm³/mol. The Balaban J connectivity index is 1.59. The number of nitrogens with zero attached hydrogens (tertiary/aromatic N) is 3. The summed E-state index contributed by atoms with van der Waals surface area (Å²) in [6.07, 6.45) is 4.83. The van der Waals surface area contributed by atoms with Crippen LogP contribution in [0.5, 0.6) is 0 Å². The number of amides is 1. The van der Waals surface area contributed by atoms with Gasteiger partial charge in [-0.25, -0.2) is 4.39 Å². The fraction of sp³-hybridized carbons (Fsp3) is 0.389. The predicted octanol–water partition coefficient (Wildman–Crippen LogP) is 3.18. The molecule has 5 nitrogen and oxygen atoms in total. The van der Waals surface area contributed by atoms with Gasteiger partial charge in [0.2, 0.25) is 5.91 Å². The second-order valence-corrected chi connectivity index (χ2v) is 5.99. The molecule has 0 radical (unpaired) electrons. The van der Waals surface area contributed by atoms with Crippen LogP contribution in [0.4, 0.5) is 16.0 Å². The Bertz CT molecular complexity index is 682. The zero-order valence-corrected chi connectivity index (χ0v) is 13.5. The third-order valence-corrected chi connectivity index (χ3v) is 4.16. The van der Waals surface area contributed by atoms with Crippen LogP contribution in [0.2, 0.25) is 0 Å². The Morgan fingerprint density at radius 1 is 1.04 bits per heavy atom. The van der Waals surface area contributed by atoms with E-state index in [-0.39, 0.29) is 18.1 Å². The first-order valence-electron chi connectivity index (χ1n) is 8.34. The second kappa shape index (κ2) is 7.86. The van der Waals surface area contributed by atoms with Crippen molar-refractivity contribution in [3.05, 3.63) is 47.8 Å². The lowest BCUT2D eigenvalue weighted by Gasteiger charge is -2.20. The first-order chi connectivity index (χ1) is 11.7. The van der Waals surface area contributed by atoms with Crippen LogP contribution >= 0.6 is 0 Å². The highest BCUT2D eigenvalue weighted by atomic mass is 19.1.